The highest BCUT2D eigenvalue weighted by Crippen LogP contribution is 2.12. The van der Waals surface area contributed by atoms with Crippen molar-refractivity contribution in [1.29, 1.82) is 5.26 Å². The number of benzene rings is 1. The molecule has 0 fully saturated rings. The molecule has 0 unspecified atom stereocenters. The van der Waals surface area contributed by atoms with Crippen LogP contribution in [0.4, 0.5) is 0 Å². The quantitative estimate of drug-likeness (QED) is 0.646. The van der Waals surface area contributed by atoms with Crippen molar-refractivity contribution in [3.05, 3.63) is 29.8 Å². The van der Waals surface area contributed by atoms with E-state index in [4.69, 9.17) is 10.00 Å². The zero-order valence-corrected chi connectivity index (χ0v) is 13.8. The second-order valence-corrected chi connectivity index (χ2v) is 6.39. The van der Waals surface area contributed by atoms with E-state index in [0.717, 1.165) is 38.4 Å². The third-order valence-electron chi connectivity index (χ3n) is 3.12. The van der Waals surface area contributed by atoms with Crippen molar-refractivity contribution in [1.82, 2.24) is 4.90 Å². The summed E-state index contributed by atoms with van der Waals surface area (Å²) in [6.45, 7) is 13.2. The van der Waals surface area contributed by atoms with Crippen LogP contribution in [-0.4, -0.2) is 31.1 Å². The van der Waals surface area contributed by atoms with E-state index < -0.39 is 0 Å². The maximum absolute atomic E-state index is 8.75. The minimum atomic E-state index is 0.669. The van der Waals surface area contributed by atoms with Crippen LogP contribution in [0.1, 0.15) is 39.7 Å². The van der Waals surface area contributed by atoms with Crippen molar-refractivity contribution in [2.45, 2.75) is 34.1 Å². The summed E-state index contributed by atoms with van der Waals surface area (Å²) < 4.78 is 5.73. The first-order valence-corrected chi connectivity index (χ1v) is 7.86. The van der Waals surface area contributed by atoms with Gasteiger partial charge < -0.3 is 9.64 Å². The molecule has 3 nitrogen and oxygen atoms in total. The summed E-state index contributed by atoms with van der Waals surface area (Å²) in [5.41, 5.74) is 0.669. The van der Waals surface area contributed by atoms with Gasteiger partial charge in [-0.2, -0.15) is 5.26 Å². The third-order valence-corrected chi connectivity index (χ3v) is 3.12. The molecule has 0 N–H and O–H groups in total. The van der Waals surface area contributed by atoms with Gasteiger partial charge in [-0.25, -0.2) is 0 Å². The van der Waals surface area contributed by atoms with Crippen LogP contribution in [0, 0.1) is 23.2 Å². The van der Waals surface area contributed by atoms with Crippen molar-refractivity contribution in [3.8, 4) is 11.8 Å². The van der Waals surface area contributed by atoms with E-state index in [1.54, 1.807) is 12.1 Å². The van der Waals surface area contributed by atoms with Crippen molar-refractivity contribution < 1.29 is 4.74 Å². The van der Waals surface area contributed by atoms with Gasteiger partial charge in [-0.3, -0.25) is 0 Å². The molecule has 1 aromatic rings. The minimum Gasteiger partial charge on any atom is -0.494 e. The molecule has 0 aliphatic heterocycles. The van der Waals surface area contributed by atoms with Crippen LogP contribution in [0.2, 0.25) is 0 Å². The standard InChI is InChI=1S/C18H28N2O/c1-15(2)13-20(14-16(3)4)10-5-11-21-18-8-6-17(12-19)7-9-18/h6-9,15-16H,5,10-11,13-14H2,1-4H3. The Balaban J connectivity index is 2.31. The number of ether oxygens (including phenoxy) is 1. The van der Waals surface area contributed by atoms with Gasteiger partial charge in [0.25, 0.3) is 0 Å². The maximum atomic E-state index is 8.75. The predicted molar refractivity (Wildman–Crippen MR) is 87.4 cm³/mol. The molecule has 0 spiro atoms. The van der Waals surface area contributed by atoms with Gasteiger partial charge >= 0.3 is 0 Å². The summed E-state index contributed by atoms with van der Waals surface area (Å²) in [5.74, 6) is 2.24. The molecule has 0 heterocycles. The lowest BCUT2D eigenvalue weighted by atomic mass is 10.1. The minimum absolute atomic E-state index is 0.669. The van der Waals surface area contributed by atoms with Gasteiger partial charge in [0, 0.05) is 19.6 Å². The van der Waals surface area contributed by atoms with E-state index in [0.29, 0.717) is 17.4 Å². The Morgan fingerprint density at radius 3 is 2.10 bits per heavy atom. The van der Waals surface area contributed by atoms with Gasteiger partial charge in [-0.15, -0.1) is 0 Å². The molecule has 0 aromatic heterocycles. The normalized spacial score (nSPS) is 11.1. The molecule has 3 heteroatoms. The Labute approximate surface area is 129 Å². The topological polar surface area (TPSA) is 36.3 Å². The number of hydrogen-bond acceptors (Lipinski definition) is 3. The highest BCUT2D eigenvalue weighted by molar-refractivity contribution is 5.34. The monoisotopic (exact) mass is 288 g/mol. The summed E-state index contributed by atoms with van der Waals surface area (Å²) in [7, 11) is 0. The molecule has 0 saturated heterocycles. The first kappa shape index (κ1) is 17.5. The largest absolute Gasteiger partial charge is 0.494 e. The summed E-state index contributed by atoms with van der Waals surface area (Å²) in [6, 6.07) is 9.41. The van der Waals surface area contributed by atoms with Crippen LogP contribution in [-0.2, 0) is 0 Å². The molecule has 116 valence electrons. The van der Waals surface area contributed by atoms with Crippen molar-refractivity contribution >= 4 is 0 Å². The Kier molecular flexibility index (Phi) is 7.85. The molecule has 0 aliphatic rings. The third kappa shape index (κ3) is 7.72. The van der Waals surface area contributed by atoms with E-state index in [2.05, 4.69) is 38.7 Å². The molecule has 0 atom stereocenters. The SMILES string of the molecule is CC(C)CN(CCCOc1ccc(C#N)cc1)CC(C)C. The number of nitrogens with zero attached hydrogens (tertiary/aromatic N) is 2. The first-order valence-electron chi connectivity index (χ1n) is 7.86. The zero-order chi connectivity index (χ0) is 15.7. The van der Waals surface area contributed by atoms with Crippen LogP contribution in [0.5, 0.6) is 5.75 Å². The Hall–Kier alpha value is -1.53. The van der Waals surface area contributed by atoms with Crippen LogP contribution in [0.15, 0.2) is 24.3 Å². The van der Waals surface area contributed by atoms with Crippen LogP contribution >= 0.6 is 0 Å². The molecule has 1 aromatic carbocycles. The molecule has 21 heavy (non-hydrogen) atoms. The van der Waals surface area contributed by atoms with E-state index in [-0.39, 0.29) is 0 Å². The van der Waals surface area contributed by atoms with E-state index >= 15 is 0 Å². The number of hydrogen-bond donors (Lipinski definition) is 0. The molecule has 0 saturated carbocycles. The highest BCUT2D eigenvalue weighted by atomic mass is 16.5. The molecular formula is C18H28N2O. The molecule has 0 aliphatic carbocycles. The average Bonchev–Trinajstić information content (AvgIpc) is 2.43. The van der Waals surface area contributed by atoms with E-state index in [1.165, 1.54) is 0 Å². The fourth-order valence-electron chi connectivity index (χ4n) is 2.39. The fraction of sp³-hybridized carbons (Fsp3) is 0.611. The molecule has 1 rings (SSSR count). The van der Waals surface area contributed by atoms with Gasteiger partial charge in [0.05, 0.1) is 18.2 Å². The number of rotatable bonds is 9. The van der Waals surface area contributed by atoms with Crippen LogP contribution in [0.3, 0.4) is 0 Å². The lowest BCUT2D eigenvalue weighted by molar-refractivity contribution is 0.198. The predicted octanol–water partition coefficient (Wildman–Crippen LogP) is 3.94. The lowest BCUT2D eigenvalue weighted by Crippen LogP contribution is -2.33. The lowest BCUT2D eigenvalue weighted by Gasteiger charge is -2.26. The van der Waals surface area contributed by atoms with Gasteiger partial charge in [0.1, 0.15) is 5.75 Å². The summed E-state index contributed by atoms with van der Waals surface area (Å²) >= 11 is 0. The van der Waals surface area contributed by atoms with Gasteiger partial charge in [0.2, 0.25) is 0 Å². The zero-order valence-electron chi connectivity index (χ0n) is 13.8. The van der Waals surface area contributed by atoms with Crippen molar-refractivity contribution in [2.24, 2.45) is 11.8 Å². The number of nitriles is 1. The molecule has 0 radical (unpaired) electrons. The van der Waals surface area contributed by atoms with Crippen LogP contribution in [0.25, 0.3) is 0 Å². The highest BCUT2D eigenvalue weighted by Gasteiger charge is 2.09. The average molecular weight is 288 g/mol. The van der Waals surface area contributed by atoms with E-state index in [1.807, 2.05) is 12.1 Å². The molecule has 0 amide bonds. The van der Waals surface area contributed by atoms with Gasteiger partial charge in [-0.1, -0.05) is 27.7 Å². The second-order valence-electron chi connectivity index (χ2n) is 6.39. The smallest absolute Gasteiger partial charge is 0.119 e. The van der Waals surface area contributed by atoms with Gasteiger partial charge in [0.15, 0.2) is 0 Å². The Morgan fingerprint density at radius 2 is 1.62 bits per heavy atom. The van der Waals surface area contributed by atoms with E-state index in [9.17, 15) is 0 Å². The van der Waals surface area contributed by atoms with Gasteiger partial charge in [-0.05, 0) is 42.5 Å². The van der Waals surface area contributed by atoms with Crippen LogP contribution < -0.4 is 4.74 Å². The second kappa shape index (κ2) is 9.41. The Morgan fingerprint density at radius 1 is 1.05 bits per heavy atom. The molecular weight excluding hydrogens is 260 g/mol. The van der Waals surface area contributed by atoms with Crippen molar-refractivity contribution in [2.75, 3.05) is 26.2 Å². The first-order chi connectivity index (χ1) is 10.0. The molecule has 0 bridgehead atoms. The van der Waals surface area contributed by atoms with Crippen molar-refractivity contribution in [3.63, 3.8) is 0 Å². The summed E-state index contributed by atoms with van der Waals surface area (Å²) in [4.78, 5) is 2.53. The maximum Gasteiger partial charge on any atom is 0.119 e. The Bertz CT molecular complexity index is 422. The summed E-state index contributed by atoms with van der Waals surface area (Å²) in [5, 5.41) is 8.75. The fourth-order valence-corrected chi connectivity index (χ4v) is 2.39. The summed E-state index contributed by atoms with van der Waals surface area (Å²) in [6.07, 6.45) is 1.03.